The number of benzene rings is 2. The molecule has 5 nitrogen and oxygen atoms in total. The molecule has 0 radical (unpaired) electrons. The molecule has 0 atom stereocenters. The summed E-state index contributed by atoms with van der Waals surface area (Å²) in [4.78, 5) is 22.2. The van der Waals surface area contributed by atoms with Gasteiger partial charge in [0, 0.05) is 15.9 Å². The third-order valence-corrected chi connectivity index (χ3v) is 3.44. The minimum Gasteiger partial charge on any atom is -0.477 e. The van der Waals surface area contributed by atoms with Gasteiger partial charge in [0.15, 0.2) is 0 Å². The number of hydrogen-bond acceptors (Lipinski definition) is 4. The molecule has 0 aromatic heterocycles. The zero-order valence-corrected chi connectivity index (χ0v) is 10.8. The summed E-state index contributed by atoms with van der Waals surface area (Å²) in [7, 11) is 0. The predicted octanol–water partition coefficient (Wildman–Crippen LogP) is 3.58. The van der Waals surface area contributed by atoms with E-state index in [0.717, 1.165) is 0 Å². The number of carboxylic acids is 1. The molecule has 2 aromatic rings. The van der Waals surface area contributed by atoms with Crippen molar-refractivity contribution in [1.29, 1.82) is 0 Å². The van der Waals surface area contributed by atoms with E-state index in [1.807, 2.05) is 0 Å². The van der Waals surface area contributed by atoms with Crippen LogP contribution < -0.4 is 0 Å². The summed E-state index contributed by atoms with van der Waals surface area (Å²) >= 11 is 1.18. The molecule has 0 fully saturated rings. The number of rotatable bonds is 4. The zero-order chi connectivity index (χ0) is 14.7. The molecule has 0 bridgehead atoms. The van der Waals surface area contributed by atoms with Crippen molar-refractivity contribution >= 4 is 23.4 Å². The highest BCUT2D eigenvalue weighted by atomic mass is 32.2. The Hall–Kier alpha value is -2.41. The standard InChI is InChI=1S/C13H8FNO4S/c14-8-1-3-9(4-2-8)20-10-5-6-11(13(16)17)12(7-10)15(18)19/h1-7H,(H,16,17). The number of nitrogens with zero attached hydrogens (tertiary/aromatic N) is 1. The number of aromatic carboxylic acids is 1. The van der Waals surface area contributed by atoms with Crippen LogP contribution >= 0.6 is 11.8 Å². The first-order valence-corrected chi connectivity index (χ1v) is 6.24. The SMILES string of the molecule is O=C(O)c1ccc(Sc2ccc(F)cc2)cc1[N+](=O)[O-]. The van der Waals surface area contributed by atoms with E-state index < -0.39 is 16.6 Å². The van der Waals surface area contributed by atoms with Gasteiger partial charge >= 0.3 is 5.97 Å². The highest BCUT2D eigenvalue weighted by Gasteiger charge is 2.20. The number of carboxylic acid groups (broad SMARTS) is 1. The van der Waals surface area contributed by atoms with Crippen molar-refractivity contribution in [2.75, 3.05) is 0 Å². The summed E-state index contributed by atoms with van der Waals surface area (Å²) in [6, 6.07) is 9.49. The third kappa shape index (κ3) is 3.12. The Kier molecular flexibility index (Phi) is 3.99. The Morgan fingerprint density at radius 1 is 1.15 bits per heavy atom. The molecule has 0 aliphatic heterocycles. The first kappa shape index (κ1) is 14.0. The molecule has 7 heteroatoms. The van der Waals surface area contributed by atoms with E-state index in [2.05, 4.69) is 0 Å². The predicted molar refractivity (Wildman–Crippen MR) is 70.6 cm³/mol. The van der Waals surface area contributed by atoms with Crippen molar-refractivity contribution in [3.63, 3.8) is 0 Å². The van der Waals surface area contributed by atoms with Crippen LogP contribution in [0.25, 0.3) is 0 Å². The van der Waals surface area contributed by atoms with Crippen molar-refractivity contribution in [1.82, 2.24) is 0 Å². The summed E-state index contributed by atoms with van der Waals surface area (Å²) in [5, 5.41) is 19.7. The lowest BCUT2D eigenvalue weighted by Gasteiger charge is -2.03. The molecule has 20 heavy (non-hydrogen) atoms. The molecule has 0 spiro atoms. The highest BCUT2D eigenvalue weighted by Crippen LogP contribution is 2.31. The van der Waals surface area contributed by atoms with Gasteiger partial charge in [-0.15, -0.1) is 0 Å². The smallest absolute Gasteiger partial charge is 0.342 e. The second kappa shape index (κ2) is 5.70. The lowest BCUT2D eigenvalue weighted by molar-refractivity contribution is -0.385. The van der Waals surface area contributed by atoms with E-state index in [4.69, 9.17) is 5.11 Å². The second-order valence-electron chi connectivity index (χ2n) is 3.80. The second-order valence-corrected chi connectivity index (χ2v) is 4.94. The summed E-state index contributed by atoms with van der Waals surface area (Å²) in [6.07, 6.45) is 0. The quantitative estimate of drug-likeness (QED) is 0.688. The topological polar surface area (TPSA) is 80.4 Å². The summed E-state index contributed by atoms with van der Waals surface area (Å²) in [6.45, 7) is 0. The molecule has 2 rings (SSSR count). The van der Waals surface area contributed by atoms with E-state index in [1.54, 1.807) is 0 Å². The normalized spacial score (nSPS) is 10.2. The molecule has 0 aliphatic rings. The van der Waals surface area contributed by atoms with Gasteiger partial charge in [-0.25, -0.2) is 9.18 Å². The Balaban J connectivity index is 2.34. The first-order chi connectivity index (χ1) is 9.47. The maximum Gasteiger partial charge on any atom is 0.342 e. The van der Waals surface area contributed by atoms with Crippen molar-refractivity contribution in [2.24, 2.45) is 0 Å². The van der Waals surface area contributed by atoms with Gasteiger partial charge in [-0.3, -0.25) is 10.1 Å². The molecule has 102 valence electrons. The number of hydrogen-bond donors (Lipinski definition) is 1. The number of nitro benzene ring substituents is 1. The lowest BCUT2D eigenvalue weighted by Crippen LogP contribution is -2.02. The minimum atomic E-state index is -1.35. The van der Waals surface area contributed by atoms with Gasteiger partial charge in [-0.05, 0) is 36.4 Å². The Labute approximate surface area is 117 Å². The molecule has 0 saturated heterocycles. The average molecular weight is 293 g/mol. The third-order valence-electron chi connectivity index (χ3n) is 2.45. The van der Waals surface area contributed by atoms with Crippen molar-refractivity contribution < 1.29 is 19.2 Å². The van der Waals surface area contributed by atoms with Gasteiger partial charge in [0.25, 0.3) is 5.69 Å². The van der Waals surface area contributed by atoms with Crippen LogP contribution in [0, 0.1) is 15.9 Å². The van der Waals surface area contributed by atoms with Gasteiger partial charge in [-0.2, -0.15) is 0 Å². The van der Waals surface area contributed by atoms with Gasteiger partial charge in [-0.1, -0.05) is 11.8 Å². The van der Waals surface area contributed by atoms with Gasteiger partial charge < -0.3 is 5.11 Å². The van der Waals surface area contributed by atoms with E-state index in [-0.39, 0.29) is 11.4 Å². The van der Waals surface area contributed by atoms with Gasteiger partial charge in [0.2, 0.25) is 0 Å². The molecule has 2 aromatic carbocycles. The van der Waals surface area contributed by atoms with Crippen LogP contribution in [0.2, 0.25) is 0 Å². The van der Waals surface area contributed by atoms with Crippen LogP contribution in [-0.2, 0) is 0 Å². The van der Waals surface area contributed by atoms with Gasteiger partial charge in [0.05, 0.1) is 4.92 Å². The Morgan fingerprint density at radius 2 is 1.75 bits per heavy atom. The molecule has 0 amide bonds. The fourth-order valence-electron chi connectivity index (χ4n) is 1.55. The maximum absolute atomic E-state index is 12.8. The van der Waals surface area contributed by atoms with Crippen LogP contribution in [-0.4, -0.2) is 16.0 Å². The number of carbonyl (C=O) groups is 1. The van der Waals surface area contributed by atoms with Crippen molar-refractivity contribution in [3.8, 4) is 0 Å². The molecule has 0 heterocycles. The molecule has 0 aliphatic carbocycles. The Morgan fingerprint density at radius 3 is 2.30 bits per heavy atom. The fourth-order valence-corrected chi connectivity index (χ4v) is 2.40. The molecule has 0 unspecified atom stereocenters. The van der Waals surface area contributed by atoms with Crippen molar-refractivity contribution in [2.45, 2.75) is 9.79 Å². The van der Waals surface area contributed by atoms with E-state index in [0.29, 0.717) is 9.79 Å². The summed E-state index contributed by atoms with van der Waals surface area (Å²) < 4.78 is 12.8. The molecular weight excluding hydrogens is 285 g/mol. The van der Waals surface area contributed by atoms with Crippen LogP contribution in [0.5, 0.6) is 0 Å². The van der Waals surface area contributed by atoms with Crippen LogP contribution in [0.15, 0.2) is 52.3 Å². The number of nitro groups is 1. The lowest BCUT2D eigenvalue weighted by atomic mass is 10.2. The first-order valence-electron chi connectivity index (χ1n) is 5.42. The van der Waals surface area contributed by atoms with E-state index in [1.165, 1.54) is 54.2 Å². The maximum atomic E-state index is 12.8. The van der Waals surface area contributed by atoms with Crippen LogP contribution in [0.1, 0.15) is 10.4 Å². The van der Waals surface area contributed by atoms with Crippen LogP contribution in [0.3, 0.4) is 0 Å². The summed E-state index contributed by atoms with van der Waals surface area (Å²) in [5.41, 5.74) is -0.830. The largest absolute Gasteiger partial charge is 0.477 e. The summed E-state index contributed by atoms with van der Waals surface area (Å²) in [5.74, 6) is -1.73. The fraction of sp³-hybridized carbons (Fsp3) is 0. The van der Waals surface area contributed by atoms with Gasteiger partial charge in [0.1, 0.15) is 11.4 Å². The van der Waals surface area contributed by atoms with Crippen molar-refractivity contribution in [3.05, 3.63) is 64.0 Å². The molecular formula is C13H8FNO4S. The monoisotopic (exact) mass is 293 g/mol. The molecule has 0 saturated carbocycles. The average Bonchev–Trinajstić information content (AvgIpc) is 2.41. The molecule has 1 N–H and O–H groups in total. The van der Waals surface area contributed by atoms with E-state index in [9.17, 15) is 19.3 Å². The zero-order valence-electron chi connectivity index (χ0n) is 9.95. The highest BCUT2D eigenvalue weighted by molar-refractivity contribution is 7.99. The Bertz CT molecular complexity index is 673. The van der Waals surface area contributed by atoms with Crippen LogP contribution in [0.4, 0.5) is 10.1 Å². The van der Waals surface area contributed by atoms with E-state index >= 15 is 0 Å². The minimum absolute atomic E-state index is 0.363. The number of halogens is 1.